The van der Waals surface area contributed by atoms with E-state index >= 15 is 0 Å². The molecule has 0 saturated carbocycles. The van der Waals surface area contributed by atoms with Gasteiger partial charge in [-0.1, -0.05) is 11.2 Å². The van der Waals surface area contributed by atoms with Gasteiger partial charge in [-0.2, -0.15) is 4.98 Å². The molecule has 0 radical (unpaired) electrons. The minimum Gasteiger partial charge on any atom is -0.334 e. The third-order valence-corrected chi connectivity index (χ3v) is 2.70. The zero-order valence-electron chi connectivity index (χ0n) is 10.7. The summed E-state index contributed by atoms with van der Waals surface area (Å²) in [4.78, 5) is 14.6. The smallest absolute Gasteiger partial charge is 0.273 e. The van der Waals surface area contributed by atoms with Crippen molar-refractivity contribution in [2.24, 2.45) is 5.73 Å². The van der Waals surface area contributed by atoms with Crippen molar-refractivity contribution >= 4 is 5.69 Å². The van der Waals surface area contributed by atoms with E-state index < -0.39 is 4.92 Å². The molecule has 0 fully saturated rings. The highest BCUT2D eigenvalue weighted by Gasteiger charge is 2.18. The van der Waals surface area contributed by atoms with Crippen LogP contribution in [0.2, 0.25) is 0 Å². The monoisotopic (exact) mass is 262 g/mol. The third-order valence-electron chi connectivity index (χ3n) is 2.70. The third kappa shape index (κ3) is 2.76. The molecule has 0 amide bonds. The minimum absolute atomic E-state index is 0.0319. The van der Waals surface area contributed by atoms with E-state index in [0.29, 0.717) is 23.4 Å². The lowest BCUT2D eigenvalue weighted by molar-refractivity contribution is -0.385. The first-order valence-electron chi connectivity index (χ1n) is 5.81. The Morgan fingerprint density at radius 3 is 2.89 bits per heavy atom. The van der Waals surface area contributed by atoms with Gasteiger partial charge in [-0.15, -0.1) is 0 Å². The topological polar surface area (TPSA) is 108 Å². The summed E-state index contributed by atoms with van der Waals surface area (Å²) in [6, 6.07) is 4.68. The fourth-order valence-electron chi connectivity index (χ4n) is 1.79. The van der Waals surface area contributed by atoms with Crippen LogP contribution in [0.25, 0.3) is 11.5 Å². The molecule has 19 heavy (non-hydrogen) atoms. The summed E-state index contributed by atoms with van der Waals surface area (Å²) in [5.74, 6) is 0.771. The molecule has 1 aromatic carbocycles. The highest BCUT2D eigenvalue weighted by Crippen LogP contribution is 2.28. The molecule has 7 nitrogen and oxygen atoms in total. The second kappa shape index (κ2) is 5.15. The van der Waals surface area contributed by atoms with Crippen LogP contribution < -0.4 is 5.73 Å². The van der Waals surface area contributed by atoms with Crippen molar-refractivity contribution in [2.75, 3.05) is 0 Å². The molecule has 7 heteroatoms. The summed E-state index contributed by atoms with van der Waals surface area (Å²) in [6.45, 7) is 3.50. The Hall–Kier alpha value is -2.28. The number of nitro benzene ring substituents is 1. The van der Waals surface area contributed by atoms with Crippen molar-refractivity contribution in [1.29, 1.82) is 0 Å². The predicted molar refractivity (Wildman–Crippen MR) is 68.5 cm³/mol. The van der Waals surface area contributed by atoms with Gasteiger partial charge < -0.3 is 10.3 Å². The molecule has 2 N–H and O–H groups in total. The van der Waals surface area contributed by atoms with E-state index in [2.05, 4.69) is 10.1 Å². The molecule has 2 aromatic rings. The Morgan fingerprint density at radius 1 is 1.53 bits per heavy atom. The van der Waals surface area contributed by atoms with Crippen molar-refractivity contribution in [2.45, 2.75) is 26.3 Å². The van der Waals surface area contributed by atoms with Crippen LogP contribution in [0.5, 0.6) is 0 Å². The van der Waals surface area contributed by atoms with Crippen LogP contribution in [0.3, 0.4) is 0 Å². The standard InChI is InChI=1S/C12H14N4O3/c1-7(13)6-11-14-12(19-15-11)9-4-3-5-10(8(9)2)16(17)18/h3-5,7H,6,13H2,1-2H3. The first kappa shape index (κ1) is 13.2. The van der Waals surface area contributed by atoms with Crippen LogP contribution in [0, 0.1) is 17.0 Å². The maximum Gasteiger partial charge on any atom is 0.273 e. The summed E-state index contributed by atoms with van der Waals surface area (Å²) in [5.41, 5.74) is 6.76. The maximum atomic E-state index is 10.9. The van der Waals surface area contributed by atoms with E-state index in [4.69, 9.17) is 10.3 Å². The summed E-state index contributed by atoms with van der Waals surface area (Å²) >= 11 is 0. The number of benzene rings is 1. The van der Waals surface area contributed by atoms with Crippen LogP contribution in [0.1, 0.15) is 18.3 Å². The van der Waals surface area contributed by atoms with Gasteiger partial charge in [0.25, 0.3) is 11.6 Å². The van der Waals surface area contributed by atoms with Crippen molar-refractivity contribution in [1.82, 2.24) is 10.1 Å². The van der Waals surface area contributed by atoms with Gasteiger partial charge in [0.1, 0.15) is 0 Å². The molecule has 1 atom stereocenters. The van der Waals surface area contributed by atoms with E-state index in [1.54, 1.807) is 19.1 Å². The molecule has 1 heterocycles. The van der Waals surface area contributed by atoms with Crippen LogP contribution in [0.15, 0.2) is 22.7 Å². The van der Waals surface area contributed by atoms with Gasteiger partial charge in [-0.05, 0) is 19.9 Å². The molecule has 100 valence electrons. The molecule has 1 aromatic heterocycles. The largest absolute Gasteiger partial charge is 0.334 e. The van der Waals surface area contributed by atoms with E-state index in [1.165, 1.54) is 6.07 Å². The number of aromatic nitrogens is 2. The van der Waals surface area contributed by atoms with Crippen LogP contribution in [-0.4, -0.2) is 21.1 Å². The molecule has 0 aliphatic carbocycles. The minimum atomic E-state index is -0.432. The average Bonchev–Trinajstić information content (AvgIpc) is 2.76. The summed E-state index contributed by atoms with van der Waals surface area (Å²) in [7, 11) is 0. The lowest BCUT2D eigenvalue weighted by atomic mass is 10.1. The Bertz CT molecular complexity index is 607. The normalized spacial score (nSPS) is 12.4. The van der Waals surface area contributed by atoms with Crippen molar-refractivity contribution in [3.05, 3.63) is 39.7 Å². The molecule has 0 bridgehead atoms. The van der Waals surface area contributed by atoms with Crippen LogP contribution >= 0.6 is 0 Å². The quantitative estimate of drug-likeness (QED) is 0.665. The summed E-state index contributed by atoms with van der Waals surface area (Å²) in [5, 5.41) is 14.7. The second-order valence-electron chi connectivity index (χ2n) is 4.40. The molecular weight excluding hydrogens is 248 g/mol. The van der Waals surface area contributed by atoms with E-state index in [0.717, 1.165) is 0 Å². The van der Waals surface area contributed by atoms with Gasteiger partial charge in [0.15, 0.2) is 5.82 Å². The van der Waals surface area contributed by atoms with Crippen LogP contribution in [0.4, 0.5) is 5.69 Å². The fourth-order valence-corrected chi connectivity index (χ4v) is 1.79. The number of hydrogen-bond acceptors (Lipinski definition) is 6. The molecule has 0 aliphatic rings. The fraction of sp³-hybridized carbons (Fsp3) is 0.333. The Kier molecular flexibility index (Phi) is 3.57. The number of nitrogens with zero attached hydrogens (tertiary/aromatic N) is 3. The summed E-state index contributed by atoms with van der Waals surface area (Å²) < 4.78 is 5.13. The highest BCUT2D eigenvalue weighted by atomic mass is 16.6. The van der Waals surface area contributed by atoms with Crippen molar-refractivity contribution in [3.63, 3.8) is 0 Å². The molecule has 0 aliphatic heterocycles. The van der Waals surface area contributed by atoms with Gasteiger partial charge in [-0.25, -0.2) is 0 Å². The van der Waals surface area contributed by atoms with Gasteiger partial charge in [-0.3, -0.25) is 10.1 Å². The van der Waals surface area contributed by atoms with Gasteiger partial charge >= 0.3 is 0 Å². The number of nitro groups is 1. The Balaban J connectivity index is 2.39. The maximum absolute atomic E-state index is 10.9. The second-order valence-corrected chi connectivity index (χ2v) is 4.40. The predicted octanol–water partition coefficient (Wildman–Crippen LogP) is 1.84. The first-order chi connectivity index (χ1) is 8.99. The zero-order valence-corrected chi connectivity index (χ0v) is 10.7. The zero-order chi connectivity index (χ0) is 14.0. The lowest BCUT2D eigenvalue weighted by Crippen LogP contribution is -2.18. The highest BCUT2D eigenvalue weighted by molar-refractivity contribution is 5.64. The molecular formula is C12H14N4O3. The van der Waals surface area contributed by atoms with E-state index in [9.17, 15) is 10.1 Å². The van der Waals surface area contributed by atoms with Crippen molar-refractivity contribution in [3.8, 4) is 11.5 Å². The number of rotatable bonds is 4. The van der Waals surface area contributed by atoms with E-state index in [-0.39, 0.29) is 17.6 Å². The molecule has 0 saturated heterocycles. The van der Waals surface area contributed by atoms with Gasteiger partial charge in [0, 0.05) is 29.7 Å². The van der Waals surface area contributed by atoms with Gasteiger partial charge in [0.2, 0.25) is 0 Å². The molecule has 1 unspecified atom stereocenters. The van der Waals surface area contributed by atoms with Gasteiger partial charge in [0.05, 0.1) is 4.92 Å². The number of hydrogen-bond donors (Lipinski definition) is 1. The van der Waals surface area contributed by atoms with Crippen LogP contribution in [-0.2, 0) is 6.42 Å². The molecule has 2 rings (SSSR count). The average molecular weight is 262 g/mol. The SMILES string of the molecule is Cc1c(-c2nc(CC(C)N)no2)cccc1[N+](=O)[O-]. The molecule has 0 spiro atoms. The Labute approximate surface area is 109 Å². The van der Waals surface area contributed by atoms with Crippen molar-refractivity contribution < 1.29 is 9.45 Å². The summed E-state index contributed by atoms with van der Waals surface area (Å²) in [6.07, 6.45) is 0.497. The van der Waals surface area contributed by atoms with E-state index in [1.807, 2.05) is 6.92 Å². The lowest BCUT2D eigenvalue weighted by Gasteiger charge is -2.01. The Morgan fingerprint density at radius 2 is 2.26 bits per heavy atom. The number of nitrogens with two attached hydrogens (primary N) is 1. The first-order valence-corrected chi connectivity index (χ1v) is 5.81.